The summed E-state index contributed by atoms with van der Waals surface area (Å²) in [6, 6.07) is 5.14. The van der Waals surface area contributed by atoms with Crippen LogP contribution in [0.4, 0.5) is 14.5 Å². The highest BCUT2D eigenvalue weighted by atomic mass is 35.5. The molecule has 10 heteroatoms. The zero-order valence-electron chi connectivity index (χ0n) is 15.3. The minimum atomic E-state index is -1.48. The molecule has 2 heterocycles. The van der Waals surface area contributed by atoms with Gasteiger partial charge < -0.3 is 20.5 Å². The summed E-state index contributed by atoms with van der Waals surface area (Å²) in [6.07, 6.45) is 1.54. The molecule has 1 aromatic heterocycles. The van der Waals surface area contributed by atoms with Gasteiger partial charge in [-0.1, -0.05) is 11.6 Å². The molecule has 0 saturated heterocycles. The Labute approximate surface area is 169 Å². The Kier molecular flexibility index (Phi) is 4.77. The van der Waals surface area contributed by atoms with Crippen LogP contribution in [-0.4, -0.2) is 36.8 Å². The van der Waals surface area contributed by atoms with Crippen molar-refractivity contribution in [3.05, 3.63) is 52.6 Å². The monoisotopic (exact) mass is 422 g/mol. The summed E-state index contributed by atoms with van der Waals surface area (Å²) in [5.74, 6) is -1.38. The summed E-state index contributed by atoms with van der Waals surface area (Å²) in [6.45, 7) is -0.945. The van der Waals surface area contributed by atoms with E-state index in [1.807, 2.05) is 0 Å². The molecule has 3 atom stereocenters. The van der Waals surface area contributed by atoms with E-state index in [1.165, 1.54) is 31.5 Å². The molecule has 152 valence electrons. The van der Waals surface area contributed by atoms with E-state index in [2.05, 4.69) is 15.3 Å². The Morgan fingerprint density at radius 1 is 1.48 bits per heavy atom. The topological polar surface area (TPSA) is 98.8 Å². The van der Waals surface area contributed by atoms with E-state index in [9.17, 15) is 13.6 Å². The maximum Gasteiger partial charge on any atom is 0.283 e. The molecule has 1 aliphatic carbocycles. The van der Waals surface area contributed by atoms with Crippen LogP contribution in [0.5, 0.6) is 5.75 Å². The number of nitrogens with one attached hydrogen (secondary N) is 1. The lowest BCUT2D eigenvalue weighted by Crippen LogP contribution is -2.39. The number of hydrogen-bond acceptors (Lipinski definition) is 6. The van der Waals surface area contributed by atoms with Crippen molar-refractivity contribution in [1.82, 2.24) is 4.98 Å². The number of ether oxygens (including phenoxy) is 2. The maximum atomic E-state index is 14.7. The SMILES string of the molecule is COc1cc(Cl)cnc1C(=O)Nc1ccc(F)c([C@@]2(CF)N=C(N)O[C@@H]3C[C@@H]32)c1. The largest absolute Gasteiger partial charge is 0.494 e. The van der Waals surface area contributed by atoms with Crippen LogP contribution in [0.15, 0.2) is 35.5 Å². The van der Waals surface area contributed by atoms with Gasteiger partial charge in [0.1, 0.15) is 24.1 Å². The van der Waals surface area contributed by atoms with E-state index in [0.717, 1.165) is 6.07 Å². The zero-order chi connectivity index (χ0) is 20.8. The van der Waals surface area contributed by atoms with Crippen molar-refractivity contribution in [2.45, 2.75) is 18.1 Å². The van der Waals surface area contributed by atoms with Crippen molar-refractivity contribution >= 4 is 29.2 Å². The summed E-state index contributed by atoms with van der Waals surface area (Å²) < 4.78 is 39.2. The molecule has 0 bridgehead atoms. The molecule has 1 aliphatic heterocycles. The van der Waals surface area contributed by atoms with Crippen molar-refractivity contribution in [3.8, 4) is 5.75 Å². The second kappa shape index (κ2) is 7.14. The van der Waals surface area contributed by atoms with Gasteiger partial charge >= 0.3 is 0 Å². The van der Waals surface area contributed by atoms with Crippen molar-refractivity contribution in [2.75, 3.05) is 19.1 Å². The fourth-order valence-electron chi connectivity index (χ4n) is 3.60. The van der Waals surface area contributed by atoms with Crippen LogP contribution in [0.1, 0.15) is 22.5 Å². The molecule has 1 fully saturated rings. The lowest BCUT2D eigenvalue weighted by atomic mass is 9.85. The summed E-state index contributed by atoms with van der Waals surface area (Å²) in [7, 11) is 1.38. The standard InChI is InChI=1S/C19H17ClF2N4O3/c1-28-15-4-9(20)7-24-16(15)17(27)25-10-2-3-13(22)11(5-10)19(8-21)12-6-14(12)29-18(23)26-19/h2-5,7,12,14H,6,8H2,1H3,(H2,23,26)(H,25,27)/t12-,14+,19+/m0/s1. The van der Waals surface area contributed by atoms with E-state index >= 15 is 0 Å². The Morgan fingerprint density at radius 2 is 2.28 bits per heavy atom. The van der Waals surface area contributed by atoms with Gasteiger partial charge in [-0.3, -0.25) is 4.79 Å². The van der Waals surface area contributed by atoms with E-state index in [-0.39, 0.29) is 40.7 Å². The van der Waals surface area contributed by atoms with Gasteiger partial charge in [0, 0.05) is 29.4 Å². The molecule has 0 spiro atoms. The summed E-state index contributed by atoms with van der Waals surface area (Å²) >= 11 is 5.86. The number of benzene rings is 1. The van der Waals surface area contributed by atoms with Crippen LogP contribution in [0.25, 0.3) is 0 Å². The second-order valence-electron chi connectivity index (χ2n) is 6.86. The predicted octanol–water partition coefficient (Wildman–Crippen LogP) is 3.03. The lowest BCUT2D eigenvalue weighted by molar-refractivity contribution is 0.101. The van der Waals surface area contributed by atoms with Gasteiger partial charge in [0.25, 0.3) is 11.9 Å². The number of nitrogens with zero attached hydrogens (tertiary/aromatic N) is 2. The lowest BCUT2D eigenvalue weighted by Gasteiger charge is -2.31. The molecule has 1 aromatic carbocycles. The summed E-state index contributed by atoms with van der Waals surface area (Å²) in [5.41, 5.74) is 4.44. The number of amides is 1. The molecule has 1 amide bonds. The minimum absolute atomic E-state index is 0.00133. The van der Waals surface area contributed by atoms with Crippen molar-refractivity contribution in [3.63, 3.8) is 0 Å². The molecule has 3 N–H and O–H groups in total. The third-order valence-electron chi connectivity index (χ3n) is 5.08. The number of carbonyl (C=O) groups is 1. The molecule has 2 aromatic rings. The number of carbonyl (C=O) groups excluding carboxylic acids is 1. The Bertz CT molecular complexity index is 1020. The van der Waals surface area contributed by atoms with Gasteiger partial charge in [-0.05, 0) is 24.6 Å². The fraction of sp³-hybridized carbons (Fsp3) is 0.316. The first-order valence-electron chi connectivity index (χ1n) is 8.77. The Morgan fingerprint density at radius 3 is 3.00 bits per heavy atom. The minimum Gasteiger partial charge on any atom is -0.494 e. The molecule has 29 heavy (non-hydrogen) atoms. The van der Waals surface area contributed by atoms with E-state index < -0.39 is 23.9 Å². The fourth-order valence-corrected chi connectivity index (χ4v) is 3.75. The van der Waals surface area contributed by atoms with Crippen LogP contribution < -0.4 is 15.8 Å². The number of anilines is 1. The summed E-state index contributed by atoms with van der Waals surface area (Å²) in [5, 5.41) is 2.92. The third kappa shape index (κ3) is 3.35. The molecule has 0 radical (unpaired) electrons. The first kappa shape index (κ1) is 19.4. The number of alkyl halides is 1. The highest BCUT2D eigenvalue weighted by molar-refractivity contribution is 6.30. The van der Waals surface area contributed by atoms with Crippen LogP contribution in [0.3, 0.4) is 0 Å². The number of fused-ring (bicyclic) bond motifs is 1. The van der Waals surface area contributed by atoms with Crippen molar-refractivity contribution in [1.29, 1.82) is 0 Å². The molecule has 0 unspecified atom stereocenters. The van der Waals surface area contributed by atoms with Crippen LogP contribution in [-0.2, 0) is 10.3 Å². The number of nitrogens with two attached hydrogens (primary N) is 1. The number of pyridine rings is 1. The van der Waals surface area contributed by atoms with Gasteiger partial charge in [0.2, 0.25) is 0 Å². The van der Waals surface area contributed by atoms with E-state index in [0.29, 0.717) is 11.4 Å². The third-order valence-corrected chi connectivity index (χ3v) is 5.28. The molecule has 1 saturated carbocycles. The van der Waals surface area contributed by atoms with Gasteiger partial charge in [-0.25, -0.2) is 18.8 Å². The Balaban J connectivity index is 1.68. The number of rotatable bonds is 5. The van der Waals surface area contributed by atoms with Gasteiger partial charge in [0.15, 0.2) is 11.4 Å². The Hall–Kier alpha value is -2.94. The van der Waals surface area contributed by atoms with Crippen molar-refractivity contribution < 1.29 is 23.0 Å². The highest BCUT2D eigenvalue weighted by Crippen LogP contribution is 2.53. The molecular formula is C19H17ClF2N4O3. The number of methoxy groups -OCH3 is 1. The number of aliphatic imine (C=N–C) groups is 1. The molecule has 7 nitrogen and oxygen atoms in total. The van der Waals surface area contributed by atoms with E-state index in [4.69, 9.17) is 26.8 Å². The quantitative estimate of drug-likeness (QED) is 0.771. The average Bonchev–Trinajstić information content (AvgIpc) is 3.48. The van der Waals surface area contributed by atoms with Crippen LogP contribution >= 0.6 is 11.6 Å². The van der Waals surface area contributed by atoms with Crippen LogP contribution in [0, 0.1) is 11.7 Å². The number of aromatic nitrogens is 1. The maximum absolute atomic E-state index is 14.7. The molecular weight excluding hydrogens is 406 g/mol. The van der Waals surface area contributed by atoms with Crippen LogP contribution in [0.2, 0.25) is 5.02 Å². The van der Waals surface area contributed by atoms with E-state index in [1.54, 1.807) is 0 Å². The second-order valence-corrected chi connectivity index (χ2v) is 7.30. The normalized spacial score (nSPS) is 24.8. The number of amidine groups is 1. The molecule has 2 aliphatic rings. The highest BCUT2D eigenvalue weighted by Gasteiger charge is 2.60. The predicted molar refractivity (Wildman–Crippen MR) is 102 cm³/mol. The van der Waals surface area contributed by atoms with Crippen molar-refractivity contribution in [2.24, 2.45) is 16.6 Å². The number of halogens is 3. The average molecular weight is 423 g/mol. The zero-order valence-corrected chi connectivity index (χ0v) is 16.0. The summed E-state index contributed by atoms with van der Waals surface area (Å²) in [4.78, 5) is 20.7. The van der Waals surface area contributed by atoms with Gasteiger partial charge in [0.05, 0.1) is 12.1 Å². The van der Waals surface area contributed by atoms with Gasteiger partial charge in [-0.2, -0.15) is 0 Å². The smallest absolute Gasteiger partial charge is 0.283 e. The van der Waals surface area contributed by atoms with Gasteiger partial charge in [-0.15, -0.1) is 0 Å². The first-order valence-corrected chi connectivity index (χ1v) is 9.14. The number of hydrogen-bond donors (Lipinski definition) is 2. The molecule has 4 rings (SSSR count). The first-order chi connectivity index (χ1) is 13.9.